The Morgan fingerprint density at radius 1 is 1.17 bits per heavy atom. The van der Waals surface area contributed by atoms with E-state index in [2.05, 4.69) is 10.0 Å². The second-order valence-corrected chi connectivity index (χ2v) is 8.71. The highest BCUT2D eigenvalue weighted by atomic mass is 32.2. The number of benzene rings is 1. The quantitative estimate of drug-likeness (QED) is 0.852. The average molecular weight is 349 g/mol. The van der Waals surface area contributed by atoms with Gasteiger partial charge in [-0.1, -0.05) is 0 Å². The van der Waals surface area contributed by atoms with E-state index in [1.54, 1.807) is 38.1 Å². The van der Waals surface area contributed by atoms with Crippen LogP contribution in [0.5, 0.6) is 0 Å². The minimum atomic E-state index is -3.27. The highest BCUT2D eigenvalue weighted by molar-refractivity contribution is 7.90. The van der Waals surface area contributed by atoms with Crippen molar-refractivity contribution in [2.75, 3.05) is 5.32 Å². The molecule has 6 nitrogen and oxygen atoms in total. The van der Waals surface area contributed by atoms with Gasteiger partial charge in [-0.15, -0.1) is 0 Å². The topological polar surface area (TPSA) is 99.1 Å². The number of carbonyl (C=O) groups excluding carboxylic acids is 1. The number of amides is 1. The lowest BCUT2D eigenvalue weighted by molar-refractivity contribution is -0.120. The van der Waals surface area contributed by atoms with E-state index in [0.29, 0.717) is 36.9 Å². The van der Waals surface area contributed by atoms with Gasteiger partial charge >= 0.3 is 0 Å². The first-order chi connectivity index (χ1) is 11.3. The lowest BCUT2D eigenvalue weighted by atomic mass is 9.86. The van der Waals surface area contributed by atoms with Crippen LogP contribution in [0.2, 0.25) is 0 Å². The normalized spacial score (nSPS) is 21.2. The lowest BCUT2D eigenvalue weighted by Gasteiger charge is -2.28. The molecule has 1 aromatic carbocycles. The molecule has 0 aromatic heterocycles. The number of hydrogen-bond donors (Lipinski definition) is 2. The van der Waals surface area contributed by atoms with Crippen LogP contribution in [0.25, 0.3) is 0 Å². The van der Waals surface area contributed by atoms with Crippen LogP contribution in [-0.2, 0) is 14.8 Å². The summed E-state index contributed by atoms with van der Waals surface area (Å²) in [5, 5.41) is 11.2. The number of rotatable bonds is 5. The number of nitrogens with zero attached hydrogens (tertiary/aromatic N) is 1. The van der Waals surface area contributed by atoms with Crippen molar-refractivity contribution in [1.82, 2.24) is 4.72 Å². The number of nitrogens with one attached hydrogen (secondary N) is 2. The van der Waals surface area contributed by atoms with Gasteiger partial charge in [-0.3, -0.25) is 4.79 Å². The van der Waals surface area contributed by atoms with Gasteiger partial charge in [-0.05, 0) is 63.8 Å². The number of sulfonamides is 1. The summed E-state index contributed by atoms with van der Waals surface area (Å²) in [5.41, 5.74) is 1.22. The molecule has 1 aromatic rings. The lowest BCUT2D eigenvalue weighted by Crippen LogP contribution is -2.42. The van der Waals surface area contributed by atoms with Gasteiger partial charge in [-0.2, -0.15) is 5.26 Å². The Kier molecular flexibility index (Phi) is 5.97. The third kappa shape index (κ3) is 4.79. The van der Waals surface area contributed by atoms with Gasteiger partial charge in [0.25, 0.3) is 0 Å². The molecule has 0 aliphatic heterocycles. The standard InChI is InChI=1S/C17H23N3O3S/c1-12(2)24(22,23)20-16-9-5-14(6-10-16)17(21)19-15-7-3-13(11-18)4-8-15/h3-4,7-8,12,14,16,20H,5-6,9-10H2,1-2H3,(H,19,21). The maximum absolute atomic E-state index is 12.3. The van der Waals surface area contributed by atoms with Gasteiger partial charge in [0, 0.05) is 17.6 Å². The molecule has 1 aliphatic rings. The molecule has 0 bridgehead atoms. The molecule has 0 saturated heterocycles. The largest absolute Gasteiger partial charge is 0.326 e. The van der Waals surface area contributed by atoms with E-state index >= 15 is 0 Å². The molecule has 130 valence electrons. The van der Waals surface area contributed by atoms with E-state index in [1.807, 2.05) is 6.07 Å². The zero-order valence-electron chi connectivity index (χ0n) is 14.0. The molecule has 0 atom stereocenters. The van der Waals surface area contributed by atoms with Crippen molar-refractivity contribution in [3.05, 3.63) is 29.8 Å². The first kappa shape index (κ1) is 18.4. The molecule has 2 rings (SSSR count). The number of hydrogen-bond acceptors (Lipinski definition) is 4. The Balaban J connectivity index is 1.85. The predicted molar refractivity (Wildman–Crippen MR) is 92.7 cm³/mol. The van der Waals surface area contributed by atoms with Gasteiger partial charge in [-0.25, -0.2) is 13.1 Å². The van der Waals surface area contributed by atoms with Gasteiger partial charge < -0.3 is 5.32 Å². The zero-order valence-corrected chi connectivity index (χ0v) is 14.8. The van der Waals surface area contributed by atoms with E-state index in [1.165, 1.54) is 0 Å². The van der Waals surface area contributed by atoms with Crippen LogP contribution in [0.1, 0.15) is 45.1 Å². The van der Waals surface area contributed by atoms with Crippen molar-refractivity contribution in [1.29, 1.82) is 5.26 Å². The summed E-state index contributed by atoms with van der Waals surface area (Å²) < 4.78 is 26.5. The monoisotopic (exact) mass is 349 g/mol. The van der Waals surface area contributed by atoms with Crippen molar-refractivity contribution >= 4 is 21.6 Å². The highest BCUT2D eigenvalue weighted by Gasteiger charge is 2.29. The molecule has 7 heteroatoms. The predicted octanol–water partition coefficient (Wildman–Crippen LogP) is 2.38. The summed E-state index contributed by atoms with van der Waals surface area (Å²) in [6.45, 7) is 3.30. The number of anilines is 1. The van der Waals surface area contributed by atoms with Gasteiger partial charge in [0.1, 0.15) is 0 Å². The van der Waals surface area contributed by atoms with Gasteiger partial charge in [0.2, 0.25) is 15.9 Å². The molecule has 2 N–H and O–H groups in total. The van der Waals surface area contributed by atoms with E-state index < -0.39 is 15.3 Å². The van der Waals surface area contributed by atoms with Crippen LogP contribution in [0.15, 0.2) is 24.3 Å². The molecule has 1 saturated carbocycles. The molecule has 0 radical (unpaired) electrons. The Bertz CT molecular complexity index is 712. The third-order valence-electron chi connectivity index (χ3n) is 4.33. The van der Waals surface area contributed by atoms with Crippen molar-refractivity contribution in [2.24, 2.45) is 5.92 Å². The van der Waals surface area contributed by atoms with Crippen molar-refractivity contribution < 1.29 is 13.2 Å². The van der Waals surface area contributed by atoms with Gasteiger partial charge in [0.05, 0.1) is 16.9 Å². The molecule has 0 heterocycles. The smallest absolute Gasteiger partial charge is 0.227 e. The van der Waals surface area contributed by atoms with Crippen LogP contribution in [0.3, 0.4) is 0 Å². The van der Waals surface area contributed by atoms with Crippen LogP contribution < -0.4 is 10.0 Å². The molecule has 1 aliphatic carbocycles. The van der Waals surface area contributed by atoms with Gasteiger partial charge in [0.15, 0.2) is 0 Å². The minimum Gasteiger partial charge on any atom is -0.326 e. The van der Waals surface area contributed by atoms with Crippen molar-refractivity contribution in [3.8, 4) is 6.07 Å². The fourth-order valence-corrected chi connectivity index (χ4v) is 3.69. The summed E-state index contributed by atoms with van der Waals surface area (Å²) in [5.74, 6) is -0.162. The van der Waals surface area contributed by atoms with Crippen molar-refractivity contribution in [3.63, 3.8) is 0 Å². The third-order valence-corrected chi connectivity index (χ3v) is 6.23. The van der Waals surface area contributed by atoms with Crippen LogP contribution in [-0.4, -0.2) is 25.6 Å². The Hall–Kier alpha value is -1.91. The van der Waals surface area contributed by atoms with Crippen LogP contribution in [0, 0.1) is 17.2 Å². The molecule has 1 amide bonds. The Morgan fingerprint density at radius 2 is 1.75 bits per heavy atom. The molecule has 1 fully saturated rings. The highest BCUT2D eigenvalue weighted by Crippen LogP contribution is 2.26. The fraction of sp³-hybridized carbons (Fsp3) is 0.529. The number of nitriles is 1. The second kappa shape index (κ2) is 7.77. The number of carbonyl (C=O) groups is 1. The van der Waals surface area contributed by atoms with E-state index in [-0.39, 0.29) is 17.9 Å². The summed E-state index contributed by atoms with van der Waals surface area (Å²) in [7, 11) is -3.27. The zero-order chi connectivity index (χ0) is 17.7. The SMILES string of the molecule is CC(C)S(=O)(=O)NC1CCC(C(=O)Nc2ccc(C#N)cc2)CC1. The second-order valence-electron chi connectivity index (χ2n) is 6.44. The summed E-state index contributed by atoms with van der Waals surface area (Å²) in [4.78, 5) is 12.3. The fourth-order valence-electron chi connectivity index (χ4n) is 2.71. The Labute approximate surface area is 143 Å². The summed E-state index contributed by atoms with van der Waals surface area (Å²) in [6, 6.07) is 8.68. The molecule has 0 spiro atoms. The maximum atomic E-state index is 12.3. The first-order valence-corrected chi connectivity index (χ1v) is 9.68. The maximum Gasteiger partial charge on any atom is 0.227 e. The molecule has 24 heavy (non-hydrogen) atoms. The Morgan fingerprint density at radius 3 is 2.25 bits per heavy atom. The van der Waals surface area contributed by atoms with Crippen LogP contribution >= 0.6 is 0 Å². The van der Waals surface area contributed by atoms with E-state index in [0.717, 1.165) is 0 Å². The van der Waals surface area contributed by atoms with E-state index in [9.17, 15) is 13.2 Å². The minimum absolute atomic E-state index is 0.0510. The molecular weight excluding hydrogens is 326 g/mol. The summed E-state index contributed by atoms with van der Waals surface area (Å²) >= 11 is 0. The van der Waals surface area contributed by atoms with Crippen molar-refractivity contribution in [2.45, 2.75) is 50.8 Å². The molecular formula is C17H23N3O3S. The summed E-state index contributed by atoms with van der Waals surface area (Å²) in [6.07, 6.45) is 2.65. The first-order valence-electron chi connectivity index (χ1n) is 8.14. The van der Waals surface area contributed by atoms with E-state index in [4.69, 9.17) is 5.26 Å². The molecule has 0 unspecified atom stereocenters. The average Bonchev–Trinajstić information content (AvgIpc) is 2.55. The van der Waals surface area contributed by atoms with Crippen LogP contribution in [0.4, 0.5) is 5.69 Å².